The van der Waals surface area contributed by atoms with E-state index in [-0.39, 0.29) is 12.0 Å². The number of rotatable bonds is 6. The summed E-state index contributed by atoms with van der Waals surface area (Å²) >= 11 is 2.93. The second-order valence-corrected chi connectivity index (χ2v) is 8.54. The van der Waals surface area contributed by atoms with Gasteiger partial charge in [-0.05, 0) is 19.8 Å². The van der Waals surface area contributed by atoms with Crippen LogP contribution in [0.15, 0.2) is 4.34 Å². The molecule has 8 nitrogen and oxygen atoms in total. The van der Waals surface area contributed by atoms with E-state index in [1.165, 1.54) is 35.9 Å². The van der Waals surface area contributed by atoms with E-state index in [0.29, 0.717) is 44.6 Å². The number of carbonyl (C=O) groups is 2. The number of nitrogens with zero attached hydrogens (tertiary/aromatic N) is 4. The van der Waals surface area contributed by atoms with Crippen molar-refractivity contribution < 1.29 is 14.3 Å². The molecule has 1 saturated carbocycles. The Kier molecular flexibility index (Phi) is 6.95. The molecule has 1 aromatic rings. The van der Waals surface area contributed by atoms with Gasteiger partial charge in [0.15, 0.2) is 4.34 Å². The summed E-state index contributed by atoms with van der Waals surface area (Å²) in [5.74, 6) is 0.448. The standard InChI is InChI=1S/C16H25N5O3S2/c1-2-24-16(23)21-9-7-20(8-10-21)14-18-19-15(26-14)25-11-13(22)17-12-5-3-4-6-12/h12H,2-11H2,1H3,(H,17,22). The molecule has 1 aliphatic heterocycles. The molecule has 0 bridgehead atoms. The molecule has 2 fully saturated rings. The molecule has 2 aliphatic rings. The van der Waals surface area contributed by atoms with Gasteiger partial charge in [-0.1, -0.05) is 35.9 Å². The fraction of sp³-hybridized carbons (Fsp3) is 0.750. The van der Waals surface area contributed by atoms with Crippen LogP contribution in [-0.2, 0) is 9.53 Å². The van der Waals surface area contributed by atoms with E-state index in [2.05, 4.69) is 20.4 Å². The minimum Gasteiger partial charge on any atom is -0.450 e. The van der Waals surface area contributed by atoms with Crippen LogP contribution in [0.4, 0.5) is 9.93 Å². The van der Waals surface area contributed by atoms with Crippen LogP contribution in [-0.4, -0.2) is 71.7 Å². The van der Waals surface area contributed by atoms with E-state index >= 15 is 0 Å². The van der Waals surface area contributed by atoms with Crippen molar-refractivity contribution in [3.8, 4) is 0 Å². The maximum absolute atomic E-state index is 12.0. The molecule has 0 atom stereocenters. The van der Waals surface area contributed by atoms with Crippen LogP contribution in [0.5, 0.6) is 0 Å². The Hall–Kier alpha value is -1.55. The largest absolute Gasteiger partial charge is 0.450 e. The normalized spacial score (nSPS) is 18.2. The summed E-state index contributed by atoms with van der Waals surface area (Å²) in [4.78, 5) is 27.6. The number of piperazine rings is 1. The van der Waals surface area contributed by atoms with Gasteiger partial charge in [0.1, 0.15) is 0 Å². The second kappa shape index (κ2) is 9.40. The van der Waals surface area contributed by atoms with Crippen LogP contribution in [0.2, 0.25) is 0 Å². The fourth-order valence-electron chi connectivity index (χ4n) is 3.15. The highest BCUT2D eigenvalue weighted by Crippen LogP contribution is 2.28. The smallest absolute Gasteiger partial charge is 0.409 e. The molecule has 2 amide bonds. The molecular formula is C16H25N5O3S2. The first-order valence-corrected chi connectivity index (χ1v) is 10.9. The number of thioether (sulfide) groups is 1. The maximum atomic E-state index is 12.0. The second-order valence-electron chi connectivity index (χ2n) is 6.36. The highest BCUT2D eigenvalue weighted by molar-refractivity contribution is 8.01. The Labute approximate surface area is 161 Å². The number of aromatic nitrogens is 2. The van der Waals surface area contributed by atoms with E-state index in [1.807, 2.05) is 6.92 Å². The van der Waals surface area contributed by atoms with Gasteiger partial charge in [0.25, 0.3) is 0 Å². The summed E-state index contributed by atoms with van der Waals surface area (Å²) in [7, 11) is 0. The Balaban J connectivity index is 1.42. The summed E-state index contributed by atoms with van der Waals surface area (Å²) < 4.78 is 5.83. The van der Waals surface area contributed by atoms with Crippen LogP contribution in [0.25, 0.3) is 0 Å². The molecule has 1 aromatic heterocycles. The minimum atomic E-state index is -0.256. The summed E-state index contributed by atoms with van der Waals surface area (Å²) in [6.45, 7) is 4.85. The minimum absolute atomic E-state index is 0.0710. The van der Waals surface area contributed by atoms with Crippen LogP contribution >= 0.6 is 23.1 Å². The first-order chi connectivity index (χ1) is 12.7. The van der Waals surface area contributed by atoms with Crippen LogP contribution in [0.1, 0.15) is 32.6 Å². The third-order valence-corrected chi connectivity index (χ3v) is 6.64. The molecule has 0 unspecified atom stereocenters. The number of nitrogens with one attached hydrogen (secondary N) is 1. The van der Waals surface area contributed by atoms with Gasteiger partial charge in [0.2, 0.25) is 11.0 Å². The molecule has 1 aliphatic carbocycles. The zero-order chi connectivity index (χ0) is 18.4. The molecule has 26 heavy (non-hydrogen) atoms. The monoisotopic (exact) mass is 399 g/mol. The van der Waals surface area contributed by atoms with Crippen molar-refractivity contribution in [2.45, 2.75) is 43.0 Å². The van der Waals surface area contributed by atoms with E-state index in [0.717, 1.165) is 22.3 Å². The molecule has 0 aromatic carbocycles. The molecule has 144 valence electrons. The predicted octanol–water partition coefficient (Wildman–Crippen LogP) is 1.97. The summed E-state index contributed by atoms with van der Waals surface area (Å²) in [6.07, 6.45) is 4.35. The Morgan fingerprint density at radius 3 is 2.65 bits per heavy atom. The molecule has 10 heteroatoms. The lowest BCUT2D eigenvalue weighted by molar-refractivity contribution is -0.119. The van der Waals surface area contributed by atoms with Crippen LogP contribution < -0.4 is 10.2 Å². The van der Waals surface area contributed by atoms with E-state index in [1.54, 1.807) is 4.90 Å². The quantitative estimate of drug-likeness (QED) is 0.732. The summed E-state index contributed by atoms with van der Waals surface area (Å²) in [5, 5.41) is 12.3. The molecule has 1 N–H and O–H groups in total. The highest BCUT2D eigenvalue weighted by Gasteiger charge is 2.24. The number of hydrogen-bond donors (Lipinski definition) is 1. The van der Waals surface area contributed by atoms with Crippen molar-refractivity contribution in [2.75, 3.05) is 43.4 Å². The lowest BCUT2D eigenvalue weighted by Gasteiger charge is -2.33. The molecule has 0 radical (unpaired) electrons. The SMILES string of the molecule is CCOC(=O)N1CCN(c2nnc(SCC(=O)NC3CCCC3)s2)CC1. The third-order valence-electron chi connectivity index (χ3n) is 4.52. The van der Waals surface area contributed by atoms with Gasteiger partial charge < -0.3 is 19.9 Å². The first-order valence-electron chi connectivity index (χ1n) is 9.08. The van der Waals surface area contributed by atoms with E-state index < -0.39 is 0 Å². The van der Waals surface area contributed by atoms with E-state index in [9.17, 15) is 9.59 Å². The predicted molar refractivity (Wildman–Crippen MR) is 102 cm³/mol. The zero-order valence-electron chi connectivity index (χ0n) is 15.0. The van der Waals surface area contributed by atoms with Gasteiger partial charge in [-0.15, -0.1) is 10.2 Å². The van der Waals surface area contributed by atoms with E-state index in [4.69, 9.17) is 4.74 Å². The third kappa shape index (κ3) is 5.23. The van der Waals surface area contributed by atoms with Gasteiger partial charge in [-0.2, -0.15) is 0 Å². The summed E-state index contributed by atoms with van der Waals surface area (Å²) in [5.41, 5.74) is 0. The van der Waals surface area contributed by atoms with Crippen molar-refractivity contribution in [1.29, 1.82) is 0 Å². The molecule has 2 heterocycles. The molecule has 0 spiro atoms. The number of ether oxygens (including phenoxy) is 1. The van der Waals surface area contributed by atoms with Gasteiger partial charge in [-0.3, -0.25) is 4.79 Å². The van der Waals surface area contributed by atoms with Gasteiger partial charge in [0, 0.05) is 32.2 Å². The highest BCUT2D eigenvalue weighted by atomic mass is 32.2. The van der Waals surface area contributed by atoms with Crippen molar-refractivity contribution >= 4 is 40.2 Å². The lowest BCUT2D eigenvalue weighted by Crippen LogP contribution is -2.49. The summed E-state index contributed by atoms with van der Waals surface area (Å²) in [6, 6.07) is 0.351. The van der Waals surface area contributed by atoms with Crippen molar-refractivity contribution in [3.63, 3.8) is 0 Å². The number of amides is 2. The fourth-order valence-corrected chi connectivity index (χ4v) is 4.85. The molecule has 3 rings (SSSR count). The number of anilines is 1. The van der Waals surface area contributed by atoms with Crippen molar-refractivity contribution in [1.82, 2.24) is 20.4 Å². The Morgan fingerprint density at radius 2 is 1.96 bits per heavy atom. The molecular weight excluding hydrogens is 374 g/mol. The van der Waals surface area contributed by atoms with Gasteiger partial charge >= 0.3 is 6.09 Å². The van der Waals surface area contributed by atoms with Crippen LogP contribution in [0, 0.1) is 0 Å². The Bertz CT molecular complexity index is 613. The van der Waals surface area contributed by atoms with Gasteiger partial charge in [-0.25, -0.2) is 4.79 Å². The lowest BCUT2D eigenvalue weighted by atomic mass is 10.2. The topological polar surface area (TPSA) is 87.7 Å². The Morgan fingerprint density at radius 1 is 1.23 bits per heavy atom. The average Bonchev–Trinajstić information content (AvgIpc) is 3.32. The average molecular weight is 400 g/mol. The zero-order valence-corrected chi connectivity index (χ0v) is 16.6. The number of hydrogen-bond acceptors (Lipinski definition) is 8. The maximum Gasteiger partial charge on any atom is 0.409 e. The van der Waals surface area contributed by atoms with Crippen molar-refractivity contribution in [3.05, 3.63) is 0 Å². The number of carbonyl (C=O) groups excluding carboxylic acids is 2. The van der Waals surface area contributed by atoms with Crippen LogP contribution in [0.3, 0.4) is 0 Å². The molecule has 1 saturated heterocycles. The van der Waals surface area contributed by atoms with Crippen molar-refractivity contribution in [2.24, 2.45) is 0 Å². The first kappa shape index (κ1) is 19.2. The van der Waals surface area contributed by atoms with Gasteiger partial charge in [0.05, 0.1) is 12.4 Å².